The van der Waals surface area contributed by atoms with Crippen molar-refractivity contribution in [1.29, 1.82) is 0 Å². The van der Waals surface area contributed by atoms with Crippen LogP contribution in [-0.2, 0) is 24.1 Å². The van der Waals surface area contributed by atoms with E-state index in [0.29, 0.717) is 22.4 Å². The number of carbonyl (C=O) groups is 1. The molecular formula is C10H21INO6S-. The topological polar surface area (TPSA) is 92.7 Å². The molecule has 0 radical (unpaired) electrons. The van der Waals surface area contributed by atoms with Crippen molar-refractivity contribution in [2.24, 2.45) is 0 Å². The molecule has 0 amide bonds. The fourth-order valence-corrected chi connectivity index (χ4v) is 4.83. The molecule has 0 N–H and O–H groups in total. The van der Waals surface area contributed by atoms with Crippen LogP contribution in [-0.4, -0.2) is 58.9 Å². The minimum absolute atomic E-state index is 0.126. The zero-order valence-corrected chi connectivity index (χ0v) is 14.4. The molecule has 0 aromatic heterocycles. The Morgan fingerprint density at radius 3 is 2.26 bits per heavy atom. The third-order valence-electron chi connectivity index (χ3n) is 2.46. The third-order valence-corrected chi connectivity index (χ3v) is 6.69. The predicted octanol–water partition coefficient (Wildman–Crippen LogP) is -3.11. The first-order valence-corrected chi connectivity index (χ1v) is 9.78. The number of ether oxygens (including phenoxy) is 1. The average Bonchev–Trinajstić information content (AvgIpc) is 2.26. The monoisotopic (exact) mass is 410 g/mol. The van der Waals surface area contributed by atoms with E-state index in [1.54, 1.807) is 0 Å². The van der Waals surface area contributed by atoms with Crippen LogP contribution in [0.3, 0.4) is 0 Å². The Morgan fingerprint density at radius 2 is 1.84 bits per heavy atom. The molecule has 0 aromatic carbocycles. The number of quaternary nitrogens is 1. The van der Waals surface area contributed by atoms with E-state index in [-0.39, 0.29) is 34.1 Å². The molecule has 0 saturated carbocycles. The second-order valence-electron chi connectivity index (χ2n) is 3.75. The predicted molar refractivity (Wildman–Crippen MR) is 63.4 cm³/mol. The van der Waals surface area contributed by atoms with Crippen molar-refractivity contribution in [3.05, 3.63) is 0 Å². The zero-order valence-electron chi connectivity index (χ0n) is 11.4. The standard InChI is InChI=1S/C10H22INO6S/c1-4-11-12(5-2,6-8-17-10(3)13)7-9-18-19(14,15)16/h4-9H2,1-3H3,(H,14,15,16)/p-1. The van der Waals surface area contributed by atoms with Gasteiger partial charge in [0.1, 0.15) is 0 Å². The second kappa shape index (κ2) is 9.06. The summed E-state index contributed by atoms with van der Waals surface area (Å²) >= 11 is -0.237. The van der Waals surface area contributed by atoms with Crippen LogP contribution in [0.1, 0.15) is 20.8 Å². The van der Waals surface area contributed by atoms with Crippen LogP contribution >= 0.6 is 0 Å². The number of halogens is 1. The second-order valence-corrected chi connectivity index (χ2v) is 9.06. The van der Waals surface area contributed by atoms with Crippen molar-refractivity contribution in [2.75, 3.05) is 37.3 Å². The van der Waals surface area contributed by atoms with Crippen molar-refractivity contribution in [1.82, 2.24) is 0 Å². The SMILES string of the molecule is CC[I-][N+](CC)(CCOC(C)=O)CCOS(=O)(=O)[O-]. The van der Waals surface area contributed by atoms with Gasteiger partial charge < -0.3 is 0 Å². The van der Waals surface area contributed by atoms with Crippen LogP contribution in [0.25, 0.3) is 0 Å². The van der Waals surface area contributed by atoms with E-state index in [2.05, 4.69) is 11.1 Å². The molecule has 0 aliphatic rings. The number of likely N-dealkylation sites (N-methyl/N-ethyl adjacent to an activating group) is 1. The summed E-state index contributed by atoms with van der Waals surface area (Å²) in [7, 11) is -4.64. The van der Waals surface area contributed by atoms with Crippen LogP contribution in [0.2, 0.25) is 0 Å². The van der Waals surface area contributed by atoms with Gasteiger partial charge in [-0.25, -0.2) is 0 Å². The van der Waals surface area contributed by atoms with Gasteiger partial charge in [-0.05, 0) is 0 Å². The van der Waals surface area contributed by atoms with Crippen LogP contribution in [0.15, 0.2) is 0 Å². The fraction of sp³-hybridized carbons (Fsp3) is 0.900. The molecule has 0 saturated heterocycles. The van der Waals surface area contributed by atoms with Crippen molar-refractivity contribution in [3.63, 3.8) is 0 Å². The summed E-state index contributed by atoms with van der Waals surface area (Å²) in [4.78, 5) is 10.8. The third kappa shape index (κ3) is 9.55. The van der Waals surface area contributed by atoms with Crippen molar-refractivity contribution in [3.8, 4) is 0 Å². The fourth-order valence-electron chi connectivity index (χ4n) is 1.54. The maximum atomic E-state index is 10.8. The van der Waals surface area contributed by atoms with Gasteiger partial charge in [-0.15, -0.1) is 0 Å². The minimum atomic E-state index is -4.64. The Balaban J connectivity index is 4.44. The molecule has 0 bridgehead atoms. The Bertz CT molecular complexity index is 374. The summed E-state index contributed by atoms with van der Waals surface area (Å²) in [5, 5.41) is 0. The zero-order chi connectivity index (χ0) is 14.9. The normalized spacial score (nSPS) is 15.2. The molecule has 0 spiro atoms. The summed E-state index contributed by atoms with van der Waals surface area (Å²) in [5.74, 6) is -0.331. The first kappa shape index (κ1) is 19.0. The Hall–Kier alpha value is 0.0300. The van der Waals surface area contributed by atoms with Crippen molar-refractivity contribution in [2.45, 2.75) is 20.8 Å². The number of hydrogen-bond acceptors (Lipinski definition) is 6. The van der Waals surface area contributed by atoms with Gasteiger partial charge in [0.25, 0.3) is 0 Å². The van der Waals surface area contributed by atoms with E-state index in [4.69, 9.17) is 4.74 Å². The molecule has 0 fully saturated rings. The van der Waals surface area contributed by atoms with Crippen LogP contribution in [0, 0.1) is 0 Å². The molecule has 0 heterocycles. The molecule has 0 rings (SSSR count). The Morgan fingerprint density at radius 1 is 1.26 bits per heavy atom. The summed E-state index contributed by atoms with van der Waals surface area (Å²) in [6.45, 7) is 7.45. The van der Waals surface area contributed by atoms with Gasteiger partial charge >= 0.3 is 125 Å². The number of rotatable bonds is 10. The molecule has 7 nitrogen and oxygen atoms in total. The van der Waals surface area contributed by atoms with Crippen molar-refractivity contribution < 1.29 is 50.9 Å². The van der Waals surface area contributed by atoms with Gasteiger partial charge in [-0.2, -0.15) is 0 Å². The molecule has 9 heteroatoms. The van der Waals surface area contributed by atoms with E-state index in [0.717, 1.165) is 11.0 Å². The first-order valence-electron chi connectivity index (χ1n) is 5.95. The van der Waals surface area contributed by atoms with Gasteiger partial charge in [0.05, 0.1) is 0 Å². The number of alkyl halides is 1. The number of carbonyl (C=O) groups excluding carboxylic acids is 1. The Kier molecular flexibility index (Phi) is 9.07. The molecule has 0 aliphatic heterocycles. The van der Waals surface area contributed by atoms with Gasteiger partial charge in [0.15, 0.2) is 0 Å². The number of nitrogens with zero attached hydrogens (tertiary/aromatic N) is 1. The van der Waals surface area contributed by atoms with Crippen LogP contribution in [0.5, 0.6) is 0 Å². The molecule has 116 valence electrons. The molecular weight excluding hydrogens is 389 g/mol. The molecule has 19 heavy (non-hydrogen) atoms. The van der Waals surface area contributed by atoms with Crippen LogP contribution in [0.4, 0.5) is 0 Å². The number of hydrogen-bond donors (Lipinski definition) is 0. The average molecular weight is 410 g/mol. The molecule has 1 atom stereocenters. The van der Waals surface area contributed by atoms with Gasteiger partial charge in [0, 0.05) is 0 Å². The van der Waals surface area contributed by atoms with E-state index in [9.17, 15) is 17.8 Å². The van der Waals surface area contributed by atoms with Gasteiger partial charge in [-0.3, -0.25) is 0 Å². The summed E-state index contributed by atoms with van der Waals surface area (Å²) < 4.78 is 42.1. The Labute approximate surface area is 125 Å². The van der Waals surface area contributed by atoms with E-state index in [1.165, 1.54) is 6.92 Å². The van der Waals surface area contributed by atoms with E-state index < -0.39 is 10.4 Å². The quantitative estimate of drug-likeness (QED) is 0.0946. The first-order chi connectivity index (χ1) is 8.74. The molecule has 1 unspecified atom stereocenters. The van der Waals surface area contributed by atoms with E-state index >= 15 is 0 Å². The summed E-state index contributed by atoms with van der Waals surface area (Å²) in [6, 6.07) is 0. The van der Waals surface area contributed by atoms with Crippen LogP contribution < -0.4 is 21.5 Å². The summed E-state index contributed by atoms with van der Waals surface area (Å²) in [6.07, 6.45) is 0. The van der Waals surface area contributed by atoms with Gasteiger partial charge in [-0.1, -0.05) is 0 Å². The molecule has 0 aromatic rings. The van der Waals surface area contributed by atoms with Crippen molar-refractivity contribution >= 4 is 16.4 Å². The van der Waals surface area contributed by atoms with E-state index in [1.807, 2.05) is 6.92 Å². The maximum absolute atomic E-state index is 10.8. The number of esters is 1. The molecule has 0 aliphatic carbocycles. The summed E-state index contributed by atoms with van der Waals surface area (Å²) in [5.41, 5.74) is 0. The van der Waals surface area contributed by atoms with Gasteiger partial charge in [0.2, 0.25) is 0 Å².